The molecule has 0 amide bonds. The molecule has 1 aromatic heterocycles. The van der Waals surface area contributed by atoms with E-state index in [0.29, 0.717) is 0 Å². The summed E-state index contributed by atoms with van der Waals surface area (Å²) in [6, 6.07) is 0.229. The zero-order valence-electron chi connectivity index (χ0n) is 8.61. The van der Waals surface area contributed by atoms with Crippen LogP contribution in [-0.4, -0.2) is 15.8 Å². The molecule has 2 rings (SSSR count). The normalized spacial score (nSPS) is 23.0. The largest absolute Gasteiger partial charge is 0.324 e. The highest BCUT2D eigenvalue weighted by molar-refractivity contribution is 5.65. The predicted octanol–water partition coefficient (Wildman–Crippen LogP) is 1.70. The highest BCUT2D eigenvalue weighted by Gasteiger charge is 2.10. The van der Waals surface area contributed by atoms with E-state index in [2.05, 4.69) is 17.4 Å². The van der Waals surface area contributed by atoms with Gasteiger partial charge in [0.05, 0.1) is 6.20 Å². The van der Waals surface area contributed by atoms with Crippen molar-refractivity contribution < 1.29 is 0 Å². The maximum absolute atomic E-state index is 5.97. The molecule has 0 aromatic carbocycles. The second-order valence-electron chi connectivity index (χ2n) is 4.00. The molecule has 0 saturated carbocycles. The van der Waals surface area contributed by atoms with Crippen molar-refractivity contribution in [2.75, 3.05) is 0 Å². The van der Waals surface area contributed by atoms with Gasteiger partial charge in [0.25, 0.3) is 0 Å². The summed E-state index contributed by atoms with van der Waals surface area (Å²) in [6.07, 6.45) is 10.9. The summed E-state index contributed by atoms with van der Waals surface area (Å²) in [5, 5.41) is 4.18. The Balaban J connectivity index is 2.23. The highest BCUT2D eigenvalue weighted by Crippen LogP contribution is 2.24. The van der Waals surface area contributed by atoms with Crippen molar-refractivity contribution in [1.82, 2.24) is 9.78 Å². The lowest BCUT2D eigenvalue weighted by Gasteiger charge is -2.03. The minimum Gasteiger partial charge on any atom is -0.324 e. The molecule has 3 nitrogen and oxygen atoms in total. The third-order valence-corrected chi connectivity index (χ3v) is 2.72. The number of aromatic nitrogens is 2. The van der Waals surface area contributed by atoms with Crippen molar-refractivity contribution in [3.63, 3.8) is 0 Å². The molecule has 1 heterocycles. The summed E-state index contributed by atoms with van der Waals surface area (Å²) >= 11 is 0. The number of hydrogen-bond donors (Lipinski definition) is 1. The Bertz CT molecular complexity index is 338. The van der Waals surface area contributed by atoms with E-state index < -0.39 is 0 Å². The van der Waals surface area contributed by atoms with Crippen molar-refractivity contribution in [3.05, 3.63) is 24.0 Å². The molecular weight excluding hydrogens is 174 g/mol. The molecule has 3 heteroatoms. The van der Waals surface area contributed by atoms with Crippen LogP contribution >= 0.6 is 0 Å². The minimum atomic E-state index is 0.229. The number of hydrogen-bond acceptors (Lipinski definition) is 2. The van der Waals surface area contributed by atoms with Crippen LogP contribution in [0, 0.1) is 0 Å². The second kappa shape index (κ2) is 3.96. The highest BCUT2D eigenvalue weighted by atomic mass is 15.2. The van der Waals surface area contributed by atoms with E-state index in [4.69, 9.17) is 5.73 Å². The lowest BCUT2D eigenvalue weighted by Crippen LogP contribution is -2.15. The van der Waals surface area contributed by atoms with Crippen molar-refractivity contribution >= 4 is 5.57 Å². The van der Waals surface area contributed by atoms with Gasteiger partial charge in [-0.2, -0.15) is 5.10 Å². The summed E-state index contributed by atoms with van der Waals surface area (Å²) in [7, 11) is 1.95. The Morgan fingerprint density at radius 3 is 3.07 bits per heavy atom. The van der Waals surface area contributed by atoms with E-state index in [0.717, 1.165) is 12.8 Å². The first-order valence-electron chi connectivity index (χ1n) is 5.21. The Hall–Kier alpha value is -1.09. The molecule has 0 saturated heterocycles. The van der Waals surface area contributed by atoms with Gasteiger partial charge in [0.1, 0.15) is 0 Å². The standard InChI is InChI=1S/C11H17N3/c1-14-8-10(7-13-14)9-4-2-3-5-11(12)6-9/h6-8,11H,2-5,12H2,1H3. The van der Waals surface area contributed by atoms with Gasteiger partial charge in [0.2, 0.25) is 0 Å². The second-order valence-corrected chi connectivity index (χ2v) is 4.00. The predicted molar refractivity (Wildman–Crippen MR) is 57.6 cm³/mol. The number of nitrogens with zero attached hydrogens (tertiary/aromatic N) is 2. The molecule has 1 atom stereocenters. The van der Waals surface area contributed by atoms with Crippen molar-refractivity contribution in [2.24, 2.45) is 12.8 Å². The molecule has 0 aliphatic heterocycles. The summed E-state index contributed by atoms with van der Waals surface area (Å²) in [6.45, 7) is 0. The zero-order chi connectivity index (χ0) is 9.97. The molecular formula is C11H17N3. The van der Waals surface area contributed by atoms with Gasteiger partial charge in [0.15, 0.2) is 0 Å². The van der Waals surface area contributed by atoms with E-state index in [1.54, 1.807) is 0 Å². The maximum Gasteiger partial charge on any atom is 0.0564 e. The topological polar surface area (TPSA) is 43.8 Å². The first-order valence-corrected chi connectivity index (χ1v) is 5.21. The molecule has 1 aliphatic rings. The van der Waals surface area contributed by atoms with Gasteiger partial charge in [-0.05, 0) is 24.8 Å². The third kappa shape index (κ3) is 2.04. The third-order valence-electron chi connectivity index (χ3n) is 2.72. The van der Waals surface area contributed by atoms with Gasteiger partial charge in [0, 0.05) is 24.8 Å². The average molecular weight is 191 g/mol. The summed E-state index contributed by atoms with van der Waals surface area (Å²) in [5.74, 6) is 0. The first-order chi connectivity index (χ1) is 6.75. The maximum atomic E-state index is 5.97. The number of aryl methyl sites for hydroxylation is 1. The van der Waals surface area contributed by atoms with Crippen LogP contribution in [0.5, 0.6) is 0 Å². The van der Waals surface area contributed by atoms with Crippen molar-refractivity contribution in [1.29, 1.82) is 0 Å². The van der Waals surface area contributed by atoms with E-state index in [9.17, 15) is 0 Å². The van der Waals surface area contributed by atoms with Gasteiger partial charge in [-0.3, -0.25) is 4.68 Å². The molecule has 1 aromatic rings. The van der Waals surface area contributed by atoms with Gasteiger partial charge in [-0.1, -0.05) is 12.5 Å². The fraction of sp³-hybridized carbons (Fsp3) is 0.545. The number of nitrogens with two attached hydrogens (primary N) is 1. The van der Waals surface area contributed by atoms with Crippen LogP contribution in [-0.2, 0) is 7.05 Å². The molecule has 0 bridgehead atoms. The van der Waals surface area contributed by atoms with Gasteiger partial charge in [-0.15, -0.1) is 0 Å². The van der Waals surface area contributed by atoms with E-state index in [1.807, 2.05) is 17.9 Å². The Kier molecular flexibility index (Phi) is 2.68. The van der Waals surface area contributed by atoms with Crippen molar-refractivity contribution in [3.8, 4) is 0 Å². The van der Waals surface area contributed by atoms with Crippen molar-refractivity contribution in [2.45, 2.75) is 31.7 Å². The minimum absolute atomic E-state index is 0.229. The lowest BCUT2D eigenvalue weighted by molar-refractivity contribution is 0.658. The molecule has 1 unspecified atom stereocenters. The summed E-state index contributed by atoms with van der Waals surface area (Å²) < 4.78 is 1.84. The molecule has 76 valence electrons. The molecule has 1 aliphatic carbocycles. The number of rotatable bonds is 1. The SMILES string of the molecule is Cn1cc(C2=CC(N)CCCC2)cn1. The average Bonchev–Trinajstić information content (AvgIpc) is 2.45. The Morgan fingerprint density at radius 2 is 2.36 bits per heavy atom. The van der Waals surface area contributed by atoms with Crippen LogP contribution in [0.15, 0.2) is 18.5 Å². The Morgan fingerprint density at radius 1 is 1.50 bits per heavy atom. The monoisotopic (exact) mass is 191 g/mol. The summed E-state index contributed by atoms with van der Waals surface area (Å²) in [5.41, 5.74) is 8.56. The molecule has 0 radical (unpaired) electrons. The summed E-state index contributed by atoms with van der Waals surface area (Å²) in [4.78, 5) is 0. The fourth-order valence-electron chi connectivity index (χ4n) is 1.95. The smallest absolute Gasteiger partial charge is 0.0564 e. The van der Waals surface area contributed by atoms with Gasteiger partial charge < -0.3 is 5.73 Å². The Labute approximate surface area is 84.6 Å². The molecule has 2 N–H and O–H groups in total. The van der Waals surface area contributed by atoms with E-state index in [-0.39, 0.29) is 6.04 Å². The molecule has 0 fully saturated rings. The van der Waals surface area contributed by atoms with Crippen LogP contribution in [0.25, 0.3) is 5.57 Å². The number of allylic oxidation sites excluding steroid dienone is 1. The zero-order valence-corrected chi connectivity index (χ0v) is 8.61. The molecule has 14 heavy (non-hydrogen) atoms. The quantitative estimate of drug-likeness (QED) is 0.734. The van der Waals surface area contributed by atoms with Crippen LogP contribution in [0.1, 0.15) is 31.2 Å². The van der Waals surface area contributed by atoms with Crippen LogP contribution in [0.2, 0.25) is 0 Å². The van der Waals surface area contributed by atoms with Gasteiger partial charge in [-0.25, -0.2) is 0 Å². The van der Waals surface area contributed by atoms with Crippen LogP contribution in [0.3, 0.4) is 0 Å². The fourth-order valence-corrected chi connectivity index (χ4v) is 1.95. The van der Waals surface area contributed by atoms with Gasteiger partial charge >= 0.3 is 0 Å². The van der Waals surface area contributed by atoms with Crippen LogP contribution in [0.4, 0.5) is 0 Å². The molecule has 0 spiro atoms. The van der Waals surface area contributed by atoms with Crippen LogP contribution < -0.4 is 5.73 Å². The first kappa shape index (κ1) is 9.46. The van der Waals surface area contributed by atoms with E-state index >= 15 is 0 Å². The van der Waals surface area contributed by atoms with E-state index in [1.165, 1.54) is 24.0 Å². The lowest BCUT2D eigenvalue weighted by atomic mass is 10.0.